The maximum absolute atomic E-state index is 11.5. The molecule has 4 nitrogen and oxygen atoms in total. The van der Waals surface area contributed by atoms with Gasteiger partial charge in [0.25, 0.3) is 5.91 Å². The van der Waals surface area contributed by atoms with E-state index >= 15 is 0 Å². The number of nitrogens with one attached hydrogen (secondary N) is 1. The van der Waals surface area contributed by atoms with Crippen molar-refractivity contribution in [3.8, 4) is 0 Å². The quantitative estimate of drug-likeness (QED) is 0.810. The molecule has 0 atom stereocenters. The Morgan fingerprint density at radius 3 is 3.07 bits per heavy atom. The molecule has 1 heterocycles. The minimum Gasteiger partial charge on any atom is -0.457 e. The van der Waals surface area contributed by atoms with Gasteiger partial charge >= 0.3 is 0 Å². The number of rotatable bonds is 6. The molecule has 0 aromatic carbocycles. The number of hydrogen-bond acceptors (Lipinski definition) is 3. The molecule has 1 aromatic rings. The van der Waals surface area contributed by atoms with E-state index in [1.54, 1.807) is 6.07 Å². The standard InChI is InChI=1S/C10H14BrNO3/c1-2-14-6-3-5-12-10(13)8-4-7-15-9(8)11/h4,7H,2-3,5-6H2,1H3,(H,12,13). The van der Waals surface area contributed by atoms with Crippen LogP contribution in [0, 0.1) is 0 Å². The Morgan fingerprint density at radius 2 is 2.47 bits per heavy atom. The minimum atomic E-state index is -0.132. The second-order valence-electron chi connectivity index (χ2n) is 2.91. The van der Waals surface area contributed by atoms with Gasteiger partial charge in [0.2, 0.25) is 0 Å². The largest absolute Gasteiger partial charge is 0.457 e. The summed E-state index contributed by atoms with van der Waals surface area (Å²) in [5.41, 5.74) is 0.520. The molecule has 0 fully saturated rings. The van der Waals surface area contributed by atoms with Gasteiger partial charge in [-0.25, -0.2) is 0 Å². The maximum atomic E-state index is 11.5. The second-order valence-corrected chi connectivity index (χ2v) is 3.63. The monoisotopic (exact) mass is 275 g/mol. The molecule has 15 heavy (non-hydrogen) atoms. The van der Waals surface area contributed by atoms with E-state index in [0.29, 0.717) is 30.0 Å². The summed E-state index contributed by atoms with van der Waals surface area (Å²) in [6.07, 6.45) is 2.29. The van der Waals surface area contributed by atoms with Gasteiger partial charge in [-0.05, 0) is 35.3 Å². The van der Waals surface area contributed by atoms with Crippen LogP contribution in [0.4, 0.5) is 0 Å². The third-order valence-electron chi connectivity index (χ3n) is 1.82. The predicted octanol–water partition coefficient (Wildman–Crippen LogP) is 2.20. The summed E-state index contributed by atoms with van der Waals surface area (Å²) in [6.45, 7) is 3.93. The minimum absolute atomic E-state index is 0.132. The number of carbonyl (C=O) groups is 1. The third-order valence-corrected chi connectivity index (χ3v) is 2.43. The van der Waals surface area contributed by atoms with Crippen molar-refractivity contribution in [1.82, 2.24) is 5.32 Å². The van der Waals surface area contributed by atoms with Gasteiger partial charge in [0.1, 0.15) is 0 Å². The van der Waals surface area contributed by atoms with Crippen molar-refractivity contribution in [1.29, 1.82) is 0 Å². The molecule has 0 aliphatic heterocycles. The van der Waals surface area contributed by atoms with E-state index in [2.05, 4.69) is 21.2 Å². The molecule has 1 rings (SSSR count). The number of amides is 1. The van der Waals surface area contributed by atoms with Crippen molar-refractivity contribution in [2.24, 2.45) is 0 Å². The predicted molar refractivity (Wildman–Crippen MR) is 59.9 cm³/mol. The molecule has 0 bridgehead atoms. The molecule has 0 saturated carbocycles. The van der Waals surface area contributed by atoms with Gasteiger partial charge in [-0.1, -0.05) is 0 Å². The normalized spacial score (nSPS) is 10.3. The van der Waals surface area contributed by atoms with Crippen molar-refractivity contribution in [3.63, 3.8) is 0 Å². The fourth-order valence-electron chi connectivity index (χ4n) is 1.07. The Labute approximate surface area is 97.1 Å². The van der Waals surface area contributed by atoms with Gasteiger partial charge in [0.15, 0.2) is 4.67 Å². The Balaban J connectivity index is 2.22. The average molecular weight is 276 g/mol. The van der Waals surface area contributed by atoms with Crippen LogP contribution in [0.3, 0.4) is 0 Å². The molecule has 84 valence electrons. The lowest BCUT2D eigenvalue weighted by molar-refractivity contribution is 0.0942. The average Bonchev–Trinajstić information content (AvgIpc) is 2.64. The third kappa shape index (κ3) is 4.05. The van der Waals surface area contributed by atoms with E-state index in [1.165, 1.54) is 6.26 Å². The van der Waals surface area contributed by atoms with Crippen molar-refractivity contribution in [2.75, 3.05) is 19.8 Å². The molecule has 1 aromatic heterocycles. The summed E-state index contributed by atoms with van der Waals surface area (Å²) in [6, 6.07) is 1.63. The highest BCUT2D eigenvalue weighted by molar-refractivity contribution is 9.10. The van der Waals surface area contributed by atoms with Crippen LogP contribution in [0.1, 0.15) is 23.7 Å². The first-order valence-corrected chi connectivity index (χ1v) is 5.64. The number of furan rings is 1. The van der Waals surface area contributed by atoms with E-state index in [4.69, 9.17) is 9.15 Å². The number of ether oxygens (including phenoxy) is 1. The highest BCUT2D eigenvalue weighted by atomic mass is 79.9. The van der Waals surface area contributed by atoms with Gasteiger partial charge in [-0.2, -0.15) is 0 Å². The van der Waals surface area contributed by atoms with Crippen LogP contribution in [0.2, 0.25) is 0 Å². The van der Waals surface area contributed by atoms with E-state index in [9.17, 15) is 4.79 Å². The van der Waals surface area contributed by atoms with Crippen molar-refractivity contribution < 1.29 is 13.9 Å². The van der Waals surface area contributed by atoms with Gasteiger partial charge in [-0.15, -0.1) is 0 Å². The fraction of sp³-hybridized carbons (Fsp3) is 0.500. The van der Waals surface area contributed by atoms with Crippen LogP contribution < -0.4 is 5.32 Å². The molecule has 0 unspecified atom stereocenters. The summed E-state index contributed by atoms with van der Waals surface area (Å²) in [4.78, 5) is 11.5. The van der Waals surface area contributed by atoms with Crippen LogP contribution in [0.5, 0.6) is 0 Å². The summed E-state index contributed by atoms with van der Waals surface area (Å²) < 4.78 is 10.6. The molecule has 1 N–H and O–H groups in total. The Kier molecular flexibility index (Phi) is 5.42. The van der Waals surface area contributed by atoms with Crippen LogP contribution in [0.15, 0.2) is 21.4 Å². The van der Waals surface area contributed by atoms with E-state index in [0.717, 1.165) is 6.42 Å². The molecule has 0 aliphatic carbocycles. The topological polar surface area (TPSA) is 51.5 Å². The van der Waals surface area contributed by atoms with Crippen molar-refractivity contribution in [2.45, 2.75) is 13.3 Å². The van der Waals surface area contributed by atoms with Gasteiger partial charge < -0.3 is 14.5 Å². The van der Waals surface area contributed by atoms with Crippen molar-refractivity contribution in [3.05, 3.63) is 22.6 Å². The fourth-order valence-corrected chi connectivity index (χ4v) is 1.49. The molecular weight excluding hydrogens is 262 g/mol. The smallest absolute Gasteiger partial charge is 0.255 e. The summed E-state index contributed by atoms with van der Waals surface area (Å²) >= 11 is 3.15. The Hall–Kier alpha value is -0.810. The lowest BCUT2D eigenvalue weighted by atomic mass is 10.3. The van der Waals surface area contributed by atoms with Gasteiger partial charge in [0.05, 0.1) is 11.8 Å². The molecular formula is C10H14BrNO3. The SMILES string of the molecule is CCOCCCNC(=O)c1ccoc1Br. The molecule has 0 spiro atoms. The molecule has 1 amide bonds. The number of halogens is 1. The zero-order chi connectivity index (χ0) is 11.1. The summed E-state index contributed by atoms with van der Waals surface area (Å²) in [5, 5.41) is 2.78. The molecule has 5 heteroatoms. The van der Waals surface area contributed by atoms with Crippen LogP contribution in [-0.2, 0) is 4.74 Å². The van der Waals surface area contributed by atoms with Crippen molar-refractivity contribution >= 4 is 21.8 Å². The first-order chi connectivity index (χ1) is 7.25. The highest BCUT2D eigenvalue weighted by Gasteiger charge is 2.11. The molecule has 0 radical (unpaired) electrons. The summed E-state index contributed by atoms with van der Waals surface area (Å²) in [7, 11) is 0. The van der Waals surface area contributed by atoms with Crippen LogP contribution >= 0.6 is 15.9 Å². The highest BCUT2D eigenvalue weighted by Crippen LogP contribution is 2.16. The Bertz CT molecular complexity index is 311. The lowest BCUT2D eigenvalue weighted by Crippen LogP contribution is -2.25. The molecule has 0 aliphatic rings. The van der Waals surface area contributed by atoms with E-state index in [1.807, 2.05) is 6.92 Å². The second kappa shape index (κ2) is 6.63. The zero-order valence-corrected chi connectivity index (χ0v) is 10.2. The first-order valence-electron chi connectivity index (χ1n) is 4.84. The van der Waals surface area contributed by atoms with Crippen LogP contribution in [-0.4, -0.2) is 25.7 Å². The zero-order valence-electron chi connectivity index (χ0n) is 8.59. The van der Waals surface area contributed by atoms with Crippen LogP contribution in [0.25, 0.3) is 0 Å². The Morgan fingerprint density at radius 1 is 1.67 bits per heavy atom. The number of hydrogen-bond donors (Lipinski definition) is 1. The molecule has 0 saturated heterocycles. The maximum Gasteiger partial charge on any atom is 0.255 e. The lowest BCUT2D eigenvalue weighted by Gasteiger charge is -2.03. The van der Waals surface area contributed by atoms with E-state index < -0.39 is 0 Å². The summed E-state index contributed by atoms with van der Waals surface area (Å²) in [5.74, 6) is -0.132. The van der Waals surface area contributed by atoms with E-state index in [-0.39, 0.29) is 5.91 Å². The first kappa shape index (κ1) is 12.3. The number of carbonyl (C=O) groups excluding carboxylic acids is 1. The van der Waals surface area contributed by atoms with Gasteiger partial charge in [-0.3, -0.25) is 4.79 Å². The van der Waals surface area contributed by atoms with Gasteiger partial charge in [0, 0.05) is 19.8 Å².